The van der Waals surface area contributed by atoms with Gasteiger partial charge < -0.3 is 10.6 Å². The van der Waals surface area contributed by atoms with E-state index in [1.165, 1.54) is 25.3 Å². The van der Waals surface area contributed by atoms with Gasteiger partial charge in [0.25, 0.3) is 5.91 Å². The summed E-state index contributed by atoms with van der Waals surface area (Å²) in [5.41, 5.74) is 1.50. The molecule has 1 aromatic rings. The number of carbonyl (C=O) groups is 2. The zero-order chi connectivity index (χ0) is 17.4. The summed E-state index contributed by atoms with van der Waals surface area (Å²) in [5.74, 6) is -0.203. The van der Waals surface area contributed by atoms with E-state index in [-0.39, 0.29) is 11.8 Å². The van der Waals surface area contributed by atoms with E-state index in [0.717, 1.165) is 18.7 Å². The van der Waals surface area contributed by atoms with Gasteiger partial charge in [-0.3, -0.25) is 14.5 Å². The molecule has 0 aromatic heterocycles. The number of hydrogen-bond acceptors (Lipinski definition) is 3. The zero-order valence-electron chi connectivity index (χ0n) is 14.5. The second-order valence-electron chi connectivity index (χ2n) is 6.21. The summed E-state index contributed by atoms with van der Waals surface area (Å²) >= 11 is 0. The summed E-state index contributed by atoms with van der Waals surface area (Å²) in [6.07, 6.45) is 7.11. The van der Waals surface area contributed by atoms with E-state index < -0.39 is 0 Å². The van der Waals surface area contributed by atoms with Crippen molar-refractivity contribution in [1.29, 1.82) is 0 Å². The monoisotopic (exact) mass is 329 g/mol. The summed E-state index contributed by atoms with van der Waals surface area (Å²) in [7, 11) is 1.60. The molecule has 0 aliphatic carbocycles. The molecule has 1 aliphatic rings. The third kappa shape index (κ3) is 5.49. The van der Waals surface area contributed by atoms with E-state index >= 15 is 0 Å². The number of hydrogen-bond donors (Lipinski definition) is 2. The van der Waals surface area contributed by atoms with Crippen LogP contribution in [0.25, 0.3) is 6.08 Å². The maximum atomic E-state index is 11.9. The molecule has 2 rings (SSSR count). The van der Waals surface area contributed by atoms with Gasteiger partial charge in [0.1, 0.15) is 0 Å². The van der Waals surface area contributed by atoms with Gasteiger partial charge in [0, 0.05) is 37.8 Å². The van der Waals surface area contributed by atoms with Crippen LogP contribution < -0.4 is 10.6 Å². The Kier molecular flexibility index (Phi) is 7.00. The minimum atomic E-state index is -0.116. The fraction of sp³-hybridized carbons (Fsp3) is 0.474. The molecular formula is C19H27N3O2. The fourth-order valence-corrected chi connectivity index (χ4v) is 2.93. The largest absolute Gasteiger partial charge is 0.355 e. The molecule has 0 radical (unpaired) electrons. The summed E-state index contributed by atoms with van der Waals surface area (Å²) < 4.78 is 0. The van der Waals surface area contributed by atoms with Crippen LogP contribution in [0, 0.1) is 0 Å². The Morgan fingerprint density at radius 3 is 2.67 bits per heavy atom. The first-order chi connectivity index (χ1) is 11.6. The van der Waals surface area contributed by atoms with Crippen molar-refractivity contribution < 1.29 is 9.59 Å². The van der Waals surface area contributed by atoms with Gasteiger partial charge in [0.05, 0.1) is 0 Å². The second-order valence-corrected chi connectivity index (χ2v) is 6.21. The third-order valence-electron chi connectivity index (χ3n) is 4.47. The maximum Gasteiger partial charge on any atom is 0.251 e. The molecular weight excluding hydrogens is 302 g/mol. The van der Waals surface area contributed by atoms with E-state index in [0.29, 0.717) is 18.2 Å². The average Bonchev–Trinajstić information content (AvgIpc) is 2.61. The van der Waals surface area contributed by atoms with Crippen LogP contribution in [-0.4, -0.2) is 49.4 Å². The first kappa shape index (κ1) is 18.2. The van der Waals surface area contributed by atoms with E-state index in [9.17, 15) is 9.59 Å². The number of amides is 2. The minimum Gasteiger partial charge on any atom is -0.355 e. The maximum absolute atomic E-state index is 11.9. The summed E-state index contributed by atoms with van der Waals surface area (Å²) in [6.45, 7) is 4.96. The first-order valence-electron chi connectivity index (χ1n) is 8.62. The van der Waals surface area contributed by atoms with Crippen LogP contribution in [0.1, 0.15) is 42.1 Å². The number of nitrogens with zero attached hydrogens (tertiary/aromatic N) is 1. The predicted molar refractivity (Wildman–Crippen MR) is 96.8 cm³/mol. The molecule has 130 valence electrons. The molecule has 1 saturated heterocycles. The van der Waals surface area contributed by atoms with Gasteiger partial charge in [0.2, 0.25) is 5.91 Å². The Bertz CT molecular complexity index is 581. The number of carbonyl (C=O) groups excluding carboxylic acids is 2. The molecule has 2 amide bonds. The second kappa shape index (κ2) is 9.23. The molecule has 1 heterocycles. The highest BCUT2D eigenvalue weighted by Crippen LogP contribution is 2.15. The van der Waals surface area contributed by atoms with Crippen molar-refractivity contribution in [1.82, 2.24) is 15.5 Å². The fourth-order valence-electron chi connectivity index (χ4n) is 2.93. The standard InChI is InChI=1S/C19H27N3O2/c1-15-5-3-4-13-22(15)14-12-21-18(23)11-8-16-6-9-17(10-7-16)19(24)20-2/h6-11,15H,3-5,12-14H2,1-2H3,(H,20,24)(H,21,23)/b11-8+. The van der Waals surface area contributed by atoms with Gasteiger partial charge in [-0.1, -0.05) is 18.6 Å². The van der Waals surface area contributed by atoms with Crippen molar-refractivity contribution in [2.24, 2.45) is 0 Å². The molecule has 1 fully saturated rings. The smallest absolute Gasteiger partial charge is 0.251 e. The lowest BCUT2D eigenvalue weighted by Crippen LogP contribution is -2.42. The topological polar surface area (TPSA) is 61.4 Å². The van der Waals surface area contributed by atoms with Crippen LogP contribution in [0.3, 0.4) is 0 Å². The molecule has 5 heteroatoms. The van der Waals surface area contributed by atoms with Crippen molar-refractivity contribution in [3.8, 4) is 0 Å². The number of rotatable bonds is 6. The van der Waals surface area contributed by atoms with E-state index in [4.69, 9.17) is 0 Å². The van der Waals surface area contributed by atoms with Crippen molar-refractivity contribution in [2.45, 2.75) is 32.2 Å². The van der Waals surface area contributed by atoms with E-state index in [1.54, 1.807) is 25.3 Å². The summed E-state index contributed by atoms with van der Waals surface area (Å²) in [6, 6.07) is 7.75. The van der Waals surface area contributed by atoms with Crippen LogP contribution in [0.4, 0.5) is 0 Å². The average molecular weight is 329 g/mol. The number of piperidine rings is 1. The number of nitrogens with one attached hydrogen (secondary N) is 2. The molecule has 1 aromatic carbocycles. The number of likely N-dealkylation sites (tertiary alicyclic amines) is 1. The van der Waals surface area contributed by atoms with Crippen LogP contribution in [-0.2, 0) is 4.79 Å². The Labute approximate surface area is 144 Å². The van der Waals surface area contributed by atoms with Crippen LogP contribution >= 0.6 is 0 Å². The van der Waals surface area contributed by atoms with Crippen LogP contribution in [0.15, 0.2) is 30.3 Å². The molecule has 0 bridgehead atoms. The Morgan fingerprint density at radius 2 is 2.00 bits per heavy atom. The van der Waals surface area contributed by atoms with Gasteiger partial charge in [0.15, 0.2) is 0 Å². The predicted octanol–water partition coefficient (Wildman–Crippen LogP) is 2.05. The molecule has 1 aliphatic heterocycles. The minimum absolute atomic E-state index is 0.0879. The molecule has 5 nitrogen and oxygen atoms in total. The highest BCUT2D eigenvalue weighted by molar-refractivity contribution is 5.94. The molecule has 0 spiro atoms. The molecule has 2 N–H and O–H groups in total. The van der Waals surface area contributed by atoms with E-state index in [1.807, 2.05) is 12.1 Å². The highest BCUT2D eigenvalue weighted by atomic mass is 16.2. The lowest BCUT2D eigenvalue weighted by atomic mass is 10.0. The van der Waals surface area contributed by atoms with Gasteiger partial charge >= 0.3 is 0 Å². The SMILES string of the molecule is CNC(=O)c1ccc(/C=C/C(=O)NCCN2CCCCC2C)cc1. The number of benzene rings is 1. The normalized spacial score (nSPS) is 18.5. The van der Waals surface area contributed by atoms with Gasteiger partial charge in [-0.2, -0.15) is 0 Å². The van der Waals surface area contributed by atoms with Gasteiger partial charge in [-0.15, -0.1) is 0 Å². The van der Waals surface area contributed by atoms with Gasteiger partial charge in [-0.05, 0) is 50.1 Å². The lowest BCUT2D eigenvalue weighted by molar-refractivity contribution is -0.116. The first-order valence-corrected chi connectivity index (χ1v) is 8.62. The van der Waals surface area contributed by atoms with Crippen LogP contribution in [0.2, 0.25) is 0 Å². The van der Waals surface area contributed by atoms with E-state index in [2.05, 4.69) is 22.5 Å². The Hall–Kier alpha value is -2.14. The van der Waals surface area contributed by atoms with Gasteiger partial charge in [-0.25, -0.2) is 0 Å². The molecule has 1 unspecified atom stereocenters. The Balaban J connectivity index is 1.75. The molecule has 1 atom stereocenters. The zero-order valence-corrected chi connectivity index (χ0v) is 14.5. The summed E-state index contributed by atoms with van der Waals surface area (Å²) in [5, 5.41) is 5.51. The van der Waals surface area contributed by atoms with Crippen molar-refractivity contribution in [3.05, 3.63) is 41.5 Å². The molecule has 24 heavy (non-hydrogen) atoms. The van der Waals surface area contributed by atoms with Crippen LogP contribution in [0.5, 0.6) is 0 Å². The quantitative estimate of drug-likeness (QED) is 0.785. The van der Waals surface area contributed by atoms with Crippen molar-refractivity contribution in [2.75, 3.05) is 26.7 Å². The van der Waals surface area contributed by atoms with Crippen molar-refractivity contribution in [3.63, 3.8) is 0 Å². The van der Waals surface area contributed by atoms with Crippen molar-refractivity contribution >= 4 is 17.9 Å². The summed E-state index contributed by atoms with van der Waals surface area (Å²) in [4.78, 5) is 25.8. The Morgan fingerprint density at radius 1 is 1.25 bits per heavy atom. The highest BCUT2D eigenvalue weighted by Gasteiger charge is 2.17. The lowest BCUT2D eigenvalue weighted by Gasteiger charge is -2.33. The third-order valence-corrected chi connectivity index (χ3v) is 4.47. The molecule has 0 saturated carbocycles.